The number of para-hydroxylation sites is 2. The second-order valence-corrected chi connectivity index (χ2v) is 9.01. The molecule has 5 heterocycles. The largest absolute Gasteiger partial charge is 0.310 e. The van der Waals surface area contributed by atoms with Gasteiger partial charge in [-0.2, -0.15) is 0 Å². The minimum atomic E-state index is 0.650. The Morgan fingerprint density at radius 3 is 1.46 bits per heavy atom. The number of fused-ring (bicyclic) bond motifs is 2. The highest BCUT2D eigenvalue weighted by Gasteiger charge is 2.24. The van der Waals surface area contributed by atoms with E-state index in [1.165, 1.54) is 0 Å². The molecule has 0 unspecified atom stereocenters. The lowest BCUT2D eigenvalue weighted by molar-refractivity contribution is 1.14. The second-order valence-electron chi connectivity index (χ2n) is 9.01. The summed E-state index contributed by atoms with van der Waals surface area (Å²) >= 11 is 0. The molecule has 176 valence electrons. The van der Waals surface area contributed by atoms with Crippen LogP contribution < -0.4 is 4.90 Å². The molecule has 0 saturated carbocycles. The van der Waals surface area contributed by atoms with E-state index in [9.17, 15) is 0 Å². The highest BCUT2D eigenvalue weighted by Crippen LogP contribution is 2.37. The van der Waals surface area contributed by atoms with E-state index >= 15 is 0 Å². The Bertz CT molecular complexity index is 1550. The molecule has 6 heteroatoms. The minimum Gasteiger partial charge on any atom is -0.310 e. The first-order valence-electron chi connectivity index (χ1n) is 12.3. The van der Waals surface area contributed by atoms with Gasteiger partial charge in [-0.3, -0.25) is 9.97 Å². The van der Waals surface area contributed by atoms with Crippen molar-refractivity contribution in [2.75, 3.05) is 4.90 Å². The van der Waals surface area contributed by atoms with Gasteiger partial charge in [0.15, 0.2) is 0 Å². The van der Waals surface area contributed by atoms with Crippen molar-refractivity contribution in [3.05, 3.63) is 132 Å². The van der Waals surface area contributed by atoms with Gasteiger partial charge in [0.1, 0.15) is 0 Å². The monoisotopic (exact) mass is 478 g/mol. The molecule has 37 heavy (non-hydrogen) atoms. The number of rotatable bonds is 5. The van der Waals surface area contributed by atoms with Crippen molar-refractivity contribution in [2.45, 2.75) is 12.8 Å². The summed E-state index contributed by atoms with van der Waals surface area (Å²) in [5.41, 5.74) is 10.4. The van der Waals surface area contributed by atoms with Crippen LogP contribution in [0.4, 0.5) is 28.4 Å². The van der Waals surface area contributed by atoms with Crippen LogP contribution in [0.25, 0.3) is 0 Å². The molecule has 0 saturated heterocycles. The van der Waals surface area contributed by atoms with Crippen LogP contribution in [0, 0.1) is 0 Å². The zero-order valence-corrected chi connectivity index (χ0v) is 20.0. The Morgan fingerprint density at radius 1 is 0.514 bits per heavy atom. The van der Waals surface area contributed by atoms with E-state index in [1.807, 2.05) is 48.8 Å². The van der Waals surface area contributed by atoms with E-state index in [1.54, 1.807) is 0 Å². The fourth-order valence-corrected chi connectivity index (χ4v) is 4.86. The number of nitrogens with zero attached hydrogens (tertiary/aromatic N) is 6. The van der Waals surface area contributed by atoms with Crippen molar-refractivity contribution < 1.29 is 0 Å². The van der Waals surface area contributed by atoms with E-state index in [2.05, 4.69) is 75.5 Å². The summed E-state index contributed by atoms with van der Waals surface area (Å²) in [5, 5.41) is 0. The Hall–Kier alpha value is -4.97. The number of hydrogen-bond donors (Lipinski definition) is 0. The number of aromatic nitrogens is 3. The SMILES string of the molecule is c1ccc(N(c2ccccc2)c2cc(C3=Nc4cccnc4C3)nc(C3=Nc4cccnc4C3)c2)cc1. The number of anilines is 3. The van der Waals surface area contributed by atoms with Gasteiger partial charge in [0.05, 0.1) is 51.3 Å². The standard InChI is InChI=1S/C31H22N6/c1-3-9-21(10-4-1)37(22-11-5-2-6-12-22)23-17-28(30-19-26-24(34-30)13-7-15-32-26)36-29(18-23)31-20-27-25(35-31)14-8-16-33-27/h1-18H,19-20H2. The Labute approximate surface area is 214 Å². The summed E-state index contributed by atoms with van der Waals surface area (Å²) < 4.78 is 0. The number of aliphatic imine (C=N–C) groups is 2. The summed E-state index contributed by atoms with van der Waals surface area (Å²) in [6, 6.07) is 32.9. The molecular weight excluding hydrogens is 456 g/mol. The van der Waals surface area contributed by atoms with E-state index < -0.39 is 0 Å². The summed E-state index contributed by atoms with van der Waals surface area (Å²) in [7, 11) is 0. The van der Waals surface area contributed by atoms with Gasteiger partial charge in [0.25, 0.3) is 0 Å². The van der Waals surface area contributed by atoms with Gasteiger partial charge >= 0.3 is 0 Å². The van der Waals surface area contributed by atoms with Crippen LogP contribution in [0.15, 0.2) is 119 Å². The first-order valence-corrected chi connectivity index (χ1v) is 12.3. The van der Waals surface area contributed by atoms with Gasteiger partial charge in [0, 0.05) is 36.6 Å². The van der Waals surface area contributed by atoms with Crippen molar-refractivity contribution in [3.63, 3.8) is 0 Å². The summed E-state index contributed by atoms with van der Waals surface area (Å²) in [4.78, 5) is 26.2. The number of pyridine rings is 3. The maximum absolute atomic E-state index is 5.09. The fraction of sp³-hybridized carbons (Fsp3) is 0.0645. The van der Waals surface area contributed by atoms with Crippen LogP contribution in [0.1, 0.15) is 22.8 Å². The fourth-order valence-electron chi connectivity index (χ4n) is 4.86. The first-order chi connectivity index (χ1) is 18.3. The topological polar surface area (TPSA) is 66.6 Å². The first kappa shape index (κ1) is 21.3. The Balaban J connectivity index is 1.40. The summed E-state index contributed by atoms with van der Waals surface area (Å²) in [5.74, 6) is 0. The van der Waals surface area contributed by atoms with Crippen molar-refractivity contribution in [2.24, 2.45) is 9.98 Å². The molecule has 2 aliphatic rings. The average Bonchev–Trinajstić information content (AvgIpc) is 3.59. The van der Waals surface area contributed by atoms with Gasteiger partial charge in [-0.25, -0.2) is 15.0 Å². The Morgan fingerprint density at radius 2 is 1.00 bits per heavy atom. The highest BCUT2D eigenvalue weighted by molar-refractivity contribution is 6.09. The van der Waals surface area contributed by atoms with E-state index in [0.29, 0.717) is 12.8 Å². The van der Waals surface area contributed by atoms with E-state index in [-0.39, 0.29) is 0 Å². The zero-order chi connectivity index (χ0) is 24.6. The lowest BCUT2D eigenvalue weighted by atomic mass is 10.1. The number of benzene rings is 2. The van der Waals surface area contributed by atoms with Crippen LogP contribution in [-0.4, -0.2) is 26.4 Å². The predicted molar refractivity (Wildman–Crippen MR) is 147 cm³/mol. The van der Waals surface area contributed by atoms with Crippen LogP contribution >= 0.6 is 0 Å². The van der Waals surface area contributed by atoms with Crippen LogP contribution in [-0.2, 0) is 12.8 Å². The van der Waals surface area contributed by atoms with Crippen LogP contribution in [0.2, 0.25) is 0 Å². The maximum Gasteiger partial charge on any atom is 0.0877 e. The van der Waals surface area contributed by atoms with Crippen LogP contribution in [0.3, 0.4) is 0 Å². The smallest absolute Gasteiger partial charge is 0.0877 e. The van der Waals surface area contributed by atoms with Gasteiger partial charge < -0.3 is 4.90 Å². The van der Waals surface area contributed by atoms with Crippen molar-refractivity contribution >= 4 is 39.9 Å². The summed E-state index contributed by atoms with van der Waals surface area (Å²) in [6.07, 6.45) is 4.93. The van der Waals surface area contributed by atoms with Gasteiger partial charge in [0.2, 0.25) is 0 Å². The van der Waals surface area contributed by atoms with Crippen LogP contribution in [0.5, 0.6) is 0 Å². The van der Waals surface area contributed by atoms with E-state index in [4.69, 9.17) is 15.0 Å². The maximum atomic E-state index is 5.09. The lowest BCUT2D eigenvalue weighted by Crippen LogP contribution is -2.15. The molecule has 0 amide bonds. The Kier molecular flexibility index (Phi) is 5.14. The molecule has 0 bridgehead atoms. The average molecular weight is 479 g/mol. The van der Waals surface area contributed by atoms with E-state index in [0.717, 1.165) is 62.6 Å². The van der Waals surface area contributed by atoms with Crippen molar-refractivity contribution in [1.82, 2.24) is 15.0 Å². The molecule has 0 atom stereocenters. The second kappa shape index (κ2) is 8.91. The molecule has 0 radical (unpaired) electrons. The molecule has 2 aromatic carbocycles. The molecule has 2 aliphatic heterocycles. The highest BCUT2D eigenvalue weighted by atomic mass is 15.1. The third kappa shape index (κ3) is 3.98. The quantitative estimate of drug-likeness (QED) is 0.282. The molecule has 0 fully saturated rings. The van der Waals surface area contributed by atoms with Gasteiger partial charge in [-0.15, -0.1) is 0 Å². The molecule has 7 rings (SSSR count). The third-order valence-electron chi connectivity index (χ3n) is 6.60. The molecule has 0 aliphatic carbocycles. The zero-order valence-electron chi connectivity index (χ0n) is 20.0. The number of hydrogen-bond acceptors (Lipinski definition) is 6. The molecule has 5 aromatic rings. The normalized spacial score (nSPS) is 13.5. The minimum absolute atomic E-state index is 0.650. The molecule has 0 spiro atoms. The van der Waals surface area contributed by atoms with Crippen molar-refractivity contribution in [3.8, 4) is 0 Å². The molecule has 0 N–H and O–H groups in total. The van der Waals surface area contributed by atoms with Gasteiger partial charge in [-0.05, 0) is 60.7 Å². The third-order valence-corrected chi connectivity index (χ3v) is 6.60. The van der Waals surface area contributed by atoms with Gasteiger partial charge in [-0.1, -0.05) is 36.4 Å². The molecular formula is C31H22N6. The summed E-state index contributed by atoms with van der Waals surface area (Å²) in [6.45, 7) is 0. The molecule has 3 aromatic heterocycles. The molecule has 6 nitrogen and oxygen atoms in total. The van der Waals surface area contributed by atoms with Crippen molar-refractivity contribution in [1.29, 1.82) is 0 Å². The predicted octanol–water partition coefficient (Wildman–Crippen LogP) is 6.70. The lowest BCUT2D eigenvalue weighted by Gasteiger charge is -2.26.